The average Bonchev–Trinajstić information content (AvgIpc) is 4.18. The van der Waals surface area contributed by atoms with Crippen molar-refractivity contribution in [2.24, 2.45) is 0 Å². The maximum absolute atomic E-state index is 5.43. The molecule has 5 heteroatoms. The van der Waals surface area contributed by atoms with Crippen LogP contribution >= 0.6 is 0 Å². The Hall–Kier alpha value is -10.1. The minimum absolute atomic E-state index is 0.669. The molecular weight excluding hydrogens is 911 g/mol. The van der Waals surface area contributed by atoms with Crippen molar-refractivity contribution >= 4 is 65.4 Å². The Kier molecular flexibility index (Phi) is 9.82. The van der Waals surface area contributed by atoms with Crippen LogP contribution in [0.3, 0.4) is 0 Å². The van der Waals surface area contributed by atoms with E-state index in [2.05, 4.69) is 281 Å². The minimum Gasteiger partial charge on any atom is -0.309 e. The van der Waals surface area contributed by atoms with E-state index >= 15 is 0 Å². The zero-order chi connectivity index (χ0) is 49.4. The lowest BCUT2D eigenvalue weighted by Crippen LogP contribution is -2.01. The van der Waals surface area contributed by atoms with Gasteiger partial charge in [-0.3, -0.25) is 0 Å². The maximum atomic E-state index is 5.43. The van der Waals surface area contributed by atoms with E-state index in [1.807, 2.05) is 6.07 Å². The molecular formula is C70H45N5. The SMILES string of the molecule is c1ccc(-c2nc(-c3cccc(-c4ccc(-c5ccc6c(c5)c5ccccc5n6-c5ccccc5)cc4)c3)cc(-c3cc(-n4c5ccccc5c5ccccc54)cc(-n4c5ccccc5c5ccccc54)c3)n2)cc1. The zero-order valence-corrected chi connectivity index (χ0v) is 40.7. The second-order valence-corrected chi connectivity index (χ2v) is 19.4. The van der Waals surface area contributed by atoms with E-state index in [4.69, 9.17) is 9.97 Å². The second kappa shape index (κ2) is 17.3. The summed E-state index contributed by atoms with van der Waals surface area (Å²) in [5.41, 5.74) is 19.5. The summed E-state index contributed by atoms with van der Waals surface area (Å²) in [6, 6.07) is 98.2. The molecule has 0 atom stereocenters. The molecule has 0 bridgehead atoms. The van der Waals surface area contributed by atoms with Gasteiger partial charge in [-0.2, -0.15) is 0 Å². The van der Waals surface area contributed by atoms with Crippen molar-refractivity contribution in [2.75, 3.05) is 0 Å². The Morgan fingerprint density at radius 1 is 0.200 bits per heavy atom. The van der Waals surface area contributed by atoms with Gasteiger partial charge in [-0.15, -0.1) is 0 Å². The quantitative estimate of drug-likeness (QED) is 0.152. The van der Waals surface area contributed by atoms with Crippen LogP contribution < -0.4 is 0 Å². The van der Waals surface area contributed by atoms with E-state index in [1.54, 1.807) is 0 Å². The van der Waals surface area contributed by atoms with E-state index in [-0.39, 0.29) is 0 Å². The van der Waals surface area contributed by atoms with Crippen LogP contribution in [0.25, 0.3) is 139 Å². The van der Waals surface area contributed by atoms with Crippen LogP contribution in [0.4, 0.5) is 0 Å². The van der Waals surface area contributed by atoms with Gasteiger partial charge < -0.3 is 13.7 Å². The molecule has 0 fully saturated rings. The Bertz CT molecular complexity index is 4460. The van der Waals surface area contributed by atoms with Gasteiger partial charge in [0.2, 0.25) is 0 Å². The number of para-hydroxylation sites is 6. The number of hydrogen-bond donors (Lipinski definition) is 0. The highest BCUT2D eigenvalue weighted by Crippen LogP contribution is 2.40. The molecule has 5 nitrogen and oxygen atoms in total. The summed E-state index contributed by atoms with van der Waals surface area (Å²) in [5, 5.41) is 7.34. The molecule has 0 amide bonds. The van der Waals surface area contributed by atoms with E-state index < -0.39 is 0 Å². The molecule has 4 aromatic heterocycles. The highest BCUT2D eigenvalue weighted by molar-refractivity contribution is 6.12. The van der Waals surface area contributed by atoms with Gasteiger partial charge in [0.05, 0.1) is 44.5 Å². The molecule has 15 aromatic rings. The maximum Gasteiger partial charge on any atom is 0.160 e. The van der Waals surface area contributed by atoms with Crippen LogP contribution in [0.1, 0.15) is 0 Å². The van der Waals surface area contributed by atoms with Gasteiger partial charge in [0.25, 0.3) is 0 Å². The average molecular weight is 956 g/mol. The number of aromatic nitrogens is 5. The standard InChI is InChI=1S/C70H45N5/c1-3-18-48(19-4-1)70-71-62(51-21-17-20-49(40-51)46-34-36-47(37-35-46)50-38-39-69-61(43-50)60-28-11-16-33-68(60)73(69)53-22-5-2-6-23-53)45-63(72-70)52-41-54(74-64-29-12-7-24-56(64)57-25-8-13-30-65(57)74)44-55(42-52)75-66-31-14-9-26-58(66)59-27-10-15-32-67(59)75/h1-45H. The van der Waals surface area contributed by atoms with Gasteiger partial charge in [0, 0.05) is 66.1 Å². The number of hydrogen-bond acceptors (Lipinski definition) is 2. The van der Waals surface area contributed by atoms with Crippen molar-refractivity contribution in [3.8, 4) is 73.2 Å². The molecule has 0 radical (unpaired) electrons. The second-order valence-electron chi connectivity index (χ2n) is 19.4. The van der Waals surface area contributed by atoms with Crippen molar-refractivity contribution in [3.05, 3.63) is 273 Å². The molecule has 0 aliphatic rings. The summed E-state index contributed by atoms with van der Waals surface area (Å²) >= 11 is 0. The summed E-state index contributed by atoms with van der Waals surface area (Å²) < 4.78 is 7.18. The van der Waals surface area contributed by atoms with Crippen LogP contribution in [0.15, 0.2) is 273 Å². The number of benzene rings is 11. The Morgan fingerprint density at radius 2 is 0.573 bits per heavy atom. The van der Waals surface area contributed by atoms with E-state index in [0.717, 1.165) is 78.3 Å². The van der Waals surface area contributed by atoms with E-state index in [1.165, 1.54) is 54.5 Å². The Morgan fingerprint density at radius 3 is 1.09 bits per heavy atom. The normalized spacial score (nSPS) is 11.7. The smallest absolute Gasteiger partial charge is 0.160 e. The van der Waals surface area contributed by atoms with Crippen molar-refractivity contribution in [3.63, 3.8) is 0 Å². The first kappa shape index (κ1) is 42.6. The highest BCUT2D eigenvalue weighted by atomic mass is 15.0. The molecule has 0 aliphatic carbocycles. The molecule has 0 saturated heterocycles. The molecule has 4 heterocycles. The fraction of sp³-hybridized carbons (Fsp3) is 0. The van der Waals surface area contributed by atoms with Gasteiger partial charge in [-0.05, 0) is 107 Å². The van der Waals surface area contributed by atoms with Gasteiger partial charge in [0.1, 0.15) is 0 Å². The van der Waals surface area contributed by atoms with Gasteiger partial charge in [0.15, 0.2) is 5.82 Å². The van der Waals surface area contributed by atoms with Gasteiger partial charge >= 0.3 is 0 Å². The van der Waals surface area contributed by atoms with Crippen molar-refractivity contribution in [1.82, 2.24) is 23.7 Å². The van der Waals surface area contributed by atoms with Crippen molar-refractivity contribution in [2.45, 2.75) is 0 Å². The molecule has 15 rings (SSSR count). The summed E-state index contributed by atoms with van der Waals surface area (Å²) in [5.74, 6) is 0.669. The van der Waals surface area contributed by atoms with E-state index in [0.29, 0.717) is 5.82 Å². The third-order valence-electron chi connectivity index (χ3n) is 15.0. The molecule has 0 unspecified atom stereocenters. The predicted octanol–water partition coefficient (Wildman–Crippen LogP) is 18.1. The summed E-state index contributed by atoms with van der Waals surface area (Å²) in [4.78, 5) is 10.8. The topological polar surface area (TPSA) is 40.6 Å². The fourth-order valence-electron chi connectivity index (χ4n) is 11.6. The third kappa shape index (κ3) is 7.08. The zero-order valence-electron chi connectivity index (χ0n) is 40.7. The lowest BCUT2D eigenvalue weighted by molar-refractivity contribution is 1.13. The summed E-state index contributed by atoms with van der Waals surface area (Å²) in [6.45, 7) is 0. The molecule has 0 aliphatic heterocycles. The van der Waals surface area contributed by atoms with Crippen LogP contribution in [-0.2, 0) is 0 Å². The molecule has 75 heavy (non-hydrogen) atoms. The highest BCUT2D eigenvalue weighted by Gasteiger charge is 2.20. The molecule has 11 aromatic carbocycles. The number of rotatable bonds is 8. The van der Waals surface area contributed by atoms with E-state index in [9.17, 15) is 0 Å². The number of nitrogens with zero attached hydrogens (tertiary/aromatic N) is 5. The van der Waals surface area contributed by atoms with Crippen LogP contribution in [-0.4, -0.2) is 23.7 Å². The molecule has 0 saturated carbocycles. The molecule has 0 spiro atoms. The first-order chi connectivity index (χ1) is 37.2. The first-order valence-electron chi connectivity index (χ1n) is 25.6. The largest absolute Gasteiger partial charge is 0.309 e. The lowest BCUT2D eigenvalue weighted by Gasteiger charge is -2.16. The predicted molar refractivity (Wildman–Crippen MR) is 312 cm³/mol. The van der Waals surface area contributed by atoms with Gasteiger partial charge in [-0.1, -0.05) is 188 Å². The van der Waals surface area contributed by atoms with Crippen LogP contribution in [0, 0.1) is 0 Å². The summed E-state index contributed by atoms with van der Waals surface area (Å²) in [6.07, 6.45) is 0. The lowest BCUT2D eigenvalue weighted by atomic mass is 9.97. The Labute approximate surface area is 433 Å². The fourth-order valence-corrected chi connectivity index (χ4v) is 11.6. The van der Waals surface area contributed by atoms with Gasteiger partial charge in [-0.25, -0.2) is 9.97 Å². The molecule has 0 N–H and O–H groups in total. The monoisotopic (exact) mass is 955 g/mol. The first-order valence-corrected chi connectivity index (χ1v) is 25.6. The minimum atomic E-state index is 0.669. The van der Waals surface area contributed by atoms with Crippen molar-refractivity contribution in [1.29, 1.82) is 0 Å². The van der Waals surface area contributed by atoms with Crippen molar-refractivity contribution < 1.29 is 0 Å². The third-order valence-corrected chi connectivity index (χ3v) is 15.0. The summed E-state index contributed by atoms with van der Waals surface area (Å²) in [7, 11) is 0. The molecule has 350 valence electrons. The number of fused-ring (bicyclic) bond motifs is 9. The Balaban J connectivity index is 0.868. The van der Waals surface area contributed by atoms with Crippen LogP contribution in [0.2, 0.25) is 0 Å². The van der Waals surface area contributed by atoms with Crippen LogP contribution in [0.5, 0.6) is 0 Å².